The molecule has 0 saturated carbocycles. The highest BCUT2D eigenvalue weighted by molar-refractivity contribution is 7.89. The molecule has 0 unspecified atom stereocenters. The molecule has 1 aromatic heterocycles. The smallest absolute Gasteiger partial charge is 0.254 e. The minimum atomic E-state index is -3.23. The quantitative estimate of drug-likeness (QED) is 0.811. The van der Waals surface area contributed by atoms with Gasteiger partial charge in [0.15, 0.2) is 0 Å². The molecule has 1 aromatic rings. The van der Waals surface area contributed by atoms with Crippen molar-refractivity contribution < 1.29 is 13.2 Å². The van der Waals surface area contributed by atoms with Gasteiger partial charge < -0.3 is 10.2 Å². The largest absolute Gasteiger partial charge is 0.362 e. The van der Waals surface area contributed by atoms with Gasteiger partial charge in [-0.3, -0.25) is 4.79 Å². The predicted molar refractivity (Wildman–Crippen MR) is 99.6 cm³/mol. The van der Waals surface area contributed by atoms with Gasteiger partial charge in [0.1, 0.15) is 5.82 Å². The fourth-order valence-corrected chi connectivity index (χ4v) is 4.63. The summed E-state index contributed by atoms with van der Waals surface area (Å²) in [5.74, 6) is 0.621. The number of nitrogens with zero attached hydrogens (tertiary/aromatic N) is 3. The molecule has 0 bridgehead atoms. The second kappa shape index (κ2) is 8.14. The third-order valence-corrected chi connectivity index (χ3v) is 6.40. The van der Waals surface area contributed by atoms with Crippen molar-refractivity contribution in [1.82, 2.24) is 14.6 Å². The fraction of sp³-hybridized carbons (Fsp3) is 0.647. The van der Waals surface area contributed by atoms with Crippen LogP contribution in [-0.2, 0) is 22.9 Å². The van der Waals surface area contributed by atoms with Crippen LogP contribution in [0.4, 0.5) is 5.82 Å². The molecule has 1 N–H and O–H groups in total. The highest BCUT2D eigenvalue weighted by Crippen LogP contribution is 2.24. The summed E-state index contributed by atoms with van der Waals surface area (Å²) in [5, 5.41) is 2.64. The van der Waals surface area contributed by atoms with E-state index in [0.717, 1.165) is 17.7 Å². The molecular weight excluding hydrogens is 340 g/mol. The van der Waals surface area contributed by atoms with Crippen LogP contribution in [0.2, 0.25) is 0 Å². The lowest BCUT2D eigenvalue weighted by atomic mass is 10.0. The van der Waals surface area contributed by atoms with Gasteiger partial charge in [-0.1, -0.05) is 13.3 Å². The van der Waals surface area contributed by atoms with Crippen molar-refractivity contribution in [2.75, 3.05) is 44.9 Å². The number of aromatic nitrogens is 1. The summed E-state index contributed by atoms with van der Waals surface area (Å²) in [4.78, 5) is 18.6. The first kappa shape index (κ1) is 19.7. The first-order valence-corrected chi connectivity index (χ1v) is 10.3. The van der Waals surface area contributed by atoms with Crippen molar-refractivity contribution in [3.8, 4) is 0 Å². The summed E-state index contributed by atoms with van der Waals surface area (Å²) < 4.78 is 26.5. The standard InChI is InChI=1S/C17H28N4O3S/c1-5-6-11-25(23,24)21-9-7-13-12-14(17(22)18-2)16(20(3)4)19-15(13)8-10-21/h12H,5-11H2,1-4H3,(H,18,22). The van der Waals surface area contributed by atoms with Crippen molar-refractivity contribution in [3.63, 3.8) is 0 Å². The zero-order valence-electron chi connectivity index (χ0n) is 15.5. The molecule has 2 heterocycles. The van der Waals surface area contributed by atoms with E-state index < -0.39 is 10.0 Å². The SMILES string of the molecule is CCCCS(=O)(=O)N1CCc2cc(C(=O)NC)c(N(C)C)nc2CC1. The Morgan fingerprint density at radius 1 is 1.32 bits per heavy atom. The number of carbonyl (C=O) groups is 1. The lowest BCUT2D eigenvalue weighted by molar-refractivity contribution is 0.0963. The van der Waals surface area contributed by atoms with E-state index in [9.17, 15) is 13.2 Å². The monoisotopic (exact) mass is 368 g/mol. The highest BCUT2D eigenvalue weighted by atomic mass is 32.2. The Bertz CT molecular complexity index is 732. The molecule has 0 atom stereocenters. The van der Waals surface area contributed by atoms with Crippen molar-refractivity contribution >= 4 is 21.7 Å². The summed E-state index contributed by atoms with van der Waals surface area (Å²) in [5.41, 5.74) is 2.36. The van der Waals surface area contributed by atoms with Gasteiger partial charge in [0, 0.05) is 46.3 Å². The molecule has 140 valence electrons. The van der Waals surface area contributed by atoms with Crippen molar-refractivity contribution in [3.05, 3.63) is 22.9 Å². The fourth-order valence-electron chi connectivity index (χ4n) is 2.98. The predicted octanol–water partition coefficient (Wildman–Crippen LogP) is 1.04. The van der Waals surface area contributed by atoms with Crippen molar-refractivity contribution in [2.24, 2.45) is 0 Å². The zero-order chi connectivity index (χ0) is 18.6. The van der Waals surface area contributed by atoms with Crippen LogP contribution in [0.5, 0.6) is 0 Å². The summed E-state index contributed by atoms with van der Waals surface area (Å²) >= 11 is 0. The minimum absolute atomic E-state index is 0.185. The molecule has 0 spiro atoms. The Morgan fingerprint density at radius 3 is 2.60 bits per heavy atom. The molecule has 1 aliphatic rings. The van der Waals surface area contributed by atoms with Crippen LogP contribution in [0.15, 0.2) is 6.07 Å². The zero-order valence-corrected chi connectivity index (χ0v) is 16.3. The van der Waals surface area contributed by atoms with E-state index in [1.54, 1.807) is 11.4 Å². The van der Waals surface area contributed by atoms with E-state index in [2.05, 4.69) is 10.3 Å². The van der Waals surface area contributed by atoms with E-state index in [-0.39, 0.29) is 11.7 Å². The van der Waals surface area contributed by atoms with Gasteiger partial charge in [-0.25, -0.2) is 17.7 Å². The summed E-state index contributed by atoms with van der Waals surface area (Å²) in [7, 11) is 2.06. The number of carbonyl (C=O) groups excluding carboxylic acids is 1. The molecule has 0 fully saturated rings. The second-order valence-corrected chi connectivity index (χ2v) is 8.60. The molecule has 0 radical (unpaired) electrons. The lowest BCUT2D eigenvalue weighted by Crippen LogP contribution is -2.35. The Labute approximate surface area is 150 Å². The molecule has 0 saturated heterocycles. The number of fused-ring (bicyclic) bond motifs is 1. The van der Waals surface area contributed by atoms with Gasteiger partial charge in [0.25, 0.3) is 5.91 Å². The van der Waals surface area contributed by atoms with Crippen LogP contribution < -0.4 is 10.2 Å². The molecule has 8 heteroatoms. The first-order chi connectivity index (χ1) is 11.8. The van der Waals surface area contributed by atoms with Gasteiger partial charge in [0.05, 0.1) is 11.3 Å². The lowest BCUT2D eigenvalue weighted by Gasteiger charge is -2.19. The summed E-state index contributed by atoms with van der Waals surface area (Å²) in [6.45, 7) is 2.87. The van der Waals surface area contributed by atoms with E-state index in [4.69, 9.17) is 0 Å². The van der Waals surface area contributed by atoms with Gasteiger partial charge in [0.2, 0.25) is 10.0 Å². The molecule has 25 heavy (non-hydrogen) atoms. The molecule has 2 rings (SSSR count). The Hall–Kier alpha value is -1.67. The number of sulfonamides is 1. The third-order valence-electron chi connectivity index (χ3n) is 4.44. The Morgan fingerprint density at radius 2 is 2.00 bits per heavy atom. The summed E-state index contributed by atoms with van der Waals surface area (Å²) in [6.07, 6.45) is 2.67. The maximum atomic E-state index is 12.5. The number of anilines is 1. The third kappa shape index (κ3) is 4.49. The van der Waals surface area contributed by atoms with E-state index >= 15 is 0 Å². The highest BCUT2D eigenvalue weighted by Gasteiger charge is 2.26. The maximum absolute atomic E-state index is 12.5. The topological polar surface area (TPSA) is 82.6 Å². The van der Waals surface area contributed by atoms with Crippen LogP contribution in [0.1, 0.15) is 41.4 Å². The van der Waals surface area contributed by atoms with Crippen LogP contribution in [0.3, 0.4) is 0 Å². The normalized spacial score (nSPS) is 15.4. The molecule has 0 aliphatic carbocycles. The molecular formula is C17H28N4O3S. The minimum Gasteiger partial charge on any atom is -0.362 e. The van der Waals surface area contributed by atoms with Crippen molar-refractivity contribution in [2.45, 2.75) is 32.6 Å². The molecule has 0 aromatic carbocycles. The van der Waals surface area contributed by atoms with Gasteiger partial charge >= 0.3 is 0 Å². The average Bonchev–Trinajstić information content (AvgIpc) is 2.80. The van der Waals surface area contributed by atoms with Crippen LogP contribution in [0.25, 0.3) is 0 Å². The van der Waals surface area contributed by atoms with Crippen LogP contribution >= 0.6 is 0 Å². The second-order valence-electron chi connectivity index (χ2n) is 6.51. The van der Waals surface area contributed by atoms with Gasteiger partial charge in [-0.2, -0.15) is 0 Å². The maximum Gasteiger partial charge on any atom is 0.254 e. The van der Waals surface area contributed by atoms with Gasteiger partial charge in [-0.15, -0.1) is 0 Å². The van der Waals surface area contributed by atoms with E-state index in [1.807, 2.05) is 32.0 Å². The Balaban J connectivity index is 2.31. The number of pyridine rings is 1. The first-order valence-electron chi connectivity index (χ1n) is 8.70. The van der Waals surface area contributed by atoms with Crippen LogP contribution in [0, 0.1) is 0 Å². The van der Waals surface area contributed by atoms with E-state index in [1.165, 1.54) is 0 Å². The van der Waals surface area contributed by atoms with Crippen LogP contribution in [-0.4, -0.2) is 63.6 Å². The number of amides is 1. The summed E-state index contributed by atoms with van der Waals surface area (Å²) in [6, 6.07) is 1.86. The van der Waals surface area contributed by atoms with Gasteiger partial charge in [-0.05, 0) is 24.5 Å². The number of nitrogens with one attached hydrogen (secondary N) is 1. The number of rotatable bonds is 6. The Kier molecular flexibility index (Phi) is 6.40. The number of unbranched alkanes of at least 4 members (excludes halogenated alkanes) is 1. The molecule has 7 nitrogen and oxygen atoms in total. The number of hydrogen-bond acceptors (Lipinski definition) is 5. The molecule has 1 aliphatic heterocycles. The molecule has 1 amide bonds. The average molecular weight is 369 g/mol. The van der Waals surface area contributed by atoms with E-state index in [0.29, 0.717) is 43.7 Å². The van der Waals surface area contributed by atoms with Crippen molar-refractivity contribution in [1.29, 1.82) is 0 Å². The number of hydrogen-bond donors (Lipinski definition) is 1.